The lowest BCUT2D eigenvalue weighted by atomic mass is 9.91. The molecule has 4 nitrogen and oxygen atoms in total. The summed E-state index contributed by atoms with van der Waals surface area (Å²) in [5.74, 6) is 0.834. The molecule has 2 aromatic heterocycles. The molecule has 3 N–H and O–H groups in total. The minimum absolute atomic E-state index is 0.00720. The van der Waals surface area contributed by atoms with Crippen molar-refractivity contribution in [1.82, 2.24) is 15.0 Å². The molecule has 0 aliphatic heterocycles. The molecule has 118 valence electrons. The molecule has 0 atom stereocenters. The average Bonchev–Trinajstić information content (AvgIpc) is 2.99. The van der Waals surface area contributed by atoms with Gasteiger partial charge in [-0.25, -0.2) is 4.98 Å². The summed E-state index contributed by atoms with van der Waals surface area (Å²) in [6.45, 7) is 6.45. The molecule has 3 aromatic rings. The number of H-pyrrole nitrogens is 1. The molecule has 3 rings (SSSR count). The van der Waals surface area contributed by atoms with E-state index in [1.807, 2.05) is 36.7 Å². The fourth-order valence-corrected chi connectivity index (χ4v) is 2.68. The zero-order chi connectivity index (χ0) is 16.6. The van der Waals surface area contributed by atoms with Crippen LogP contribution in [0.3, 0.4) is 0 Å². The van der Waals surface area contributed by atoms with Crippen LogP contribution in [0.2, 0.25) is 0 Å². The number of nitrogens with zero attached hydrogens (tertiary/aromatic N) is 2. The van der Waals surface area contributed by atoms with E-state index >= 15 is 0 Å². The van der Waals surface area contributed by atoms with Crippen LogP contribution in [-0.4, -0.2) is 15.0 Å². The fraction of sp³-hybridized carbons (Fsp3) is 0.222. The summed E-state index contributed by atoms with van der Waals surface area (Å²) in [4.78, 5) is 12.3. The van der Waals surface area contributed by atoms with Crippen molar-refractivity contribution in [1.29, 1.82) is 0 Å². The number of benzene rings is 1. The van der Waals surface area contributed by atoms with Crippen molar-refractivity contribution in [3.05, 3.63) is 52.9 Å². The number of pyridine rings is 1. The summed E-state index contributed by atoms with van der Waals surface area (Å²) in [6.07, 6.45) is 3.67. The first-order chi connectivity index (χ1) is 10.8. The summed E-state index contributed by atoms with van der Waals surface area (Å²) in [5.41, 5.74) is 10.6. The lowest BCUT2D eigenvalue weighted by Gasteiger charge is -2.17. The van der Waals surface area contributed by atoms with Gasteiger partial charge in [0.2, 0.25) is 0 Å². The number of nitrogens with two attached hydrogens (primary N) is 1. The maximum Gasteiger partial charge on any atom is 0.137 e. The Morgan fingerprint density at radius 1 is 1.04 bits per heavy atom. The van der Waals surface area contributed by atoms with Gasteiger partial charge in [-0.1, -0.05) is 26.8 Å². The van der Waals surface area contributed by atoms with E-state index in [0.29, 0.717) is 0 Å². The highest BCUT2D eigenvalue weighted by Gasteiger charge is 2.16. The molecular weight excluding hydrogens is 352 g/mol. The predicted octanol–water partition coefficient (Wildman–Crippen LogP) is 4.78. The van der Waals surface area contributed by atoms with E-state index in [1.165, 1.54) is 0 Å². The Balaban J connectivity index is 1.97. The topological polar surface area (TPSA) is 67.6 Å². The van der Waals surface area contributed by atoms with E-state index in [1.54, 1.807) is 0 Å². The molecule has 0 bridgehead atoms. The molecule has 0 saturated carbocycles. The monoisotopic (exact) mass is 370 g/mol. The van der Waals surface area contributed by atoms with Crippen molar-refractivity contribution in [2.45, 2.75) is 26.2 Å². The van der Waals surface area contributed by atoms with Crippen LogP contribution >= 0.6 is 15.9 Å². The molecular formula is C18H19BrN4. The van der Waals surface area contributed by atoms with Crippen molar-refractivity contribution < 1.29 is 0 Å². The molecule has 0 amide bonds. The zero-order valence-electron chi connectivity index (χ0n) is 13.4. The smallest absolute Gasteiger partial charge is 0.137 e. The third-order valence-corrected chi connectivity index (χ3v) is 4.38. The third-order valence-electron chi connectivity index (χ3n) is 3.69. The number of nitrogen functional groups attached to an aromatic ring is 1. The van der Waals surface area contributed by atoms with Crippen molar-refractivity contribution in [3.8, 4) is 22.6 Å². The van der Waals surface area contributed by atoms with Crippen LogP contribution < -0.4 is 5.73 Å². The van der Waals surface area contributed by atoms with Gasteiger partial charge in [-0.2, -0.15) is 0 Å². The van der Waals surface area contributed by atoms with Crippen LogP contribution in [0.25, 0.3) is 22.6 Å². The number of hydrogen-bond donors (Lipinski definition) is 2. The van der Waals surface area contributed by atoms with Gasteiger partial charge in [-0.3, -0.25) is 4.98 Å². The van der Waals surface area contributed by atoms with Gasteiger partial charge in [0.1, 0.15) is 5.82 Å². The number of aromatic nitrogens is 3. The molecule has 1 aromatic carbocycles. The van der Waals surface area contributed by atoms with Gasteiger partial charge >= 0.3 is 0 Å². The molecule has 0 fully saturated rings. The summed E-state index contributed by atoms with van der Waals surface area (Å²) >= 11 is 3.46. The molecule has 2 heterocycles. The van der Waals surface area contributed by atoms with Crippen LogP contribution in [0.4, 0.5) is 5.69 Å². The molecule has 0 radical (unpaired) electrons. The van der Waals surface area contributed by atoms with Gasteiger partial charge in [-0.05, 0) is 40.2 Å². The van der Waals surface area contributed by atoms with E-state index in [9.17, 15) is 0 Å². The van der Waals surface area contributed by atoms with Crippen molar-refractivity contribution in [3.63, 3.8) is 0 Å². The largest absolute Gasteiger partial charge is 0.398 e. The van der Waals surface area contributed by atoms with Crippen molar-refractivity contribution >= 4 is 21.6 Å². The van der Waals surface area contributed by atoms with Crippen LogP contribution in [-0.2, 0) is 5.41 Å². The SMILES string of the molecule is CC(C)(C)c1cc(-c2ncc(-c3ccc(N)c(Br)c3)[nH]2)ccn1. The number of nitrogens with one attached hydrogen (secondary N) is 1. The number of anilines is 1. The maximum absolute atomic E-state index is 5.84. The molecule has 0 saturated heterocycles. The van der Waals surface area contributed by atoms with E-state index in [0.717, 1.165) is 38.5 Å². The number of halogens is 1. The van der Waals surface area contributed by atoms with Crippen LogP contribution in [0.1, 0.15) is 26.5 Å². The Hall–Kier alpha value is -2.14. The number of imidazole rings is 1. The van der Waals surface area contributed by atoms with Crippen LogP contribution in [0, 0.1) is 0 Å². The Morgan fingerprint density at radius 3 is 2.52 bits per heavy atom. The second kappa shape index (κ2) is 5.81. The second-order valence-corrected chi connectivity index (χ2v) is 7.42. The highest BCUT2D eigenvalue weighted by molar-refractivity contribution is 9.10. The lowest BCUT2D eigenvalue weighted by Crippen LogP contribution is -2.13. The molecule has 0 spiro atoms. The zero-order valence-corrected chi connectivity index (χ0v) is 15.0. The Bertz CT molecular complexity index is 846. The van der Waals surface area contributed by atoms with E-state index in [-0.39, 0.29) is 5.41 Å². The normalized spacial score (nSPS) is 11.7. The Labute approximate surface area is 144 Å². The Morgan fingerprint density at radius 2 is 1.83 bits per heavy atom. The summed E-state index contributed by atoms with van der Waals surface area (Å²) < 4.78 is 0.880. The van der Waals surface area contributed by atoms with Gasteiger partial charge < -0.3 is 10.7 Å². The quantitative estimate of drug-likeness (QED) is 0.637. The molecule has 23 heavy (non-hydrogen) atoms. The molecule has 0 aliphatic carbocycles. The molecule has 0 unspecified atom stereocenters. The summed E-state index contributed by atoms with van der Waals surface area (Å²) in [5, 5.41) is 0. The first-order valence-electron chi connectivity index (χ1n) is 7.42. The van der Waals surface area contributed by atoms with Crippen LogP contribution in [0.15, 0.2) is 47.2 Å². The van der Waals surface area contributed by atoms with Crippen LogP contribution in [0.5, 0.6) is 0 Å². The minimum atomic E-state index is 0.00720. The highest BCUT2D eigenvalue weighted by atomic mass is 79.9. The van der Waals surface area contributed by atoms with Gasteiger partial charge in [0.05, 0.1) is 11.9 Å². The number of hydrogen-bond acceptors (Lipinski definition) is 3. The van der Waals surface area contributed by atoms with Gasteiger partial charge in [0, 0.05) is 38.6 Å². The van der Waals surface area contributed by atoms with E-state index in [4.69, 9.17) is 5.73 Å². The molecule has 0 aliphatic rings. The number of rotatable bonds is 2. The average molecular weight is 371 g/mol. The van der Waals surface area contributed by atoms with E-state index in [2.05, 4.69) is 57.7 Å². The Kier molecular flexibility index (Phi) is 3.98. The maximum atomic E-state index is 5.84. The fourth-order valence-electron chi connectivity index (χ4n) is 2.30. The molecule has 5 heteroatoms. The van der Waals surface area contributed by atoms with Crippen molar-refractivity contribution in [2.75, 3.05) is 5.73 Å². The third kappa shape index (κ3) is 3.29. The predicted molar refractivity (Wildman–Crippen MR) is 98.1 cm³/mol. The lowest BCUT2D eigenvalue weighted by molar-refractivity contribution is 0.569. The van der Waals surface area contributed by atoms with Gasteiger partial charge in [-0.15, -0.1) is 0 Å². The second-order valence-electron chi connectivity index (χ2n) is 6.56. The highest BCUT2D eigenvalue weighted by Crippen LogP contribution is 2.29. The van der Waals surface area contributed by atoms with Gasteiger partial charge in [0.25, 0.3) is 0 Å². The summed E-state index contributed by atoms with van der Waals surface area (Å²) in [6, 6.07) is 9.90. The minimum Gasteiger partial charge on any atom is -0.398 e. The van der Waals surface area contributed by atoms with E-state index < -0.39 is 0 Å². The first kappa shape index (κ1) is 15.7. The van der Waals surface area contributed by atoms with Crippen molar-refractivity contribution in [2.24, 2.45) is 0 Å². The first-order valence-corrected chi connectivity index (χ1v) is 8.21. The van der Waals surface area contributed by atoms with Gasteiger partial charge in [0.15, 0.2) is 0 Å². The standard InChI is InChI=1S/C18H19BrN4/c1-18(2,3)16-9-12(6-7-21-16)17-22-10-15(23-17)11-4-5-14(20)13(19)8-11/h4-10H,20H2,1-3H3,(H,22,23). The summed E-state index contributed by atoms with van der Waals surface area (Å²) in [7, 11) is 0. The number of aromatic amines is 1.